The lowest BCUT2D eigenvalue weighted by Crippen LogP contribution is -2.45. The van der Waals surface area contributed by atoms with Crippen LogP contribution in [0.25, 0.3) is 0 Å². The Balaban J connectivity index is 1.60. The number of aromatic nitrogens is 4. The van der Waals surface area contributed by atoms with Gasteiger partial charge in [-0.2, -0.15) is 5.10 Å². The van der Waals surface area contributed by atoms with Crippen LogP contribution in [0.2, 0.25) is 0 Å². The smallest absolute Gasteiger partial charge is 0.249 e. The summed E-state index contributed by atoms with van der Waals surface area (Å²) in [6.45, 7) is 5.63. The minimum Gasteiger partial charge on any atom is -0.338 e. The van der Waals surface area contributed by atoms with E-state index in [0.717, 1.165) is 26.2 Å². The van der Waals surface area contributed by atoms with Crippen LogP contribution in [-0.2, 0) is 4.79 Å². The van der Waals surface area contributed by atoms with Gasteiger partial charge in [0.2, 0.25) is 11.9 Å². The first-order chi connectivity index (χ1) is 11.1. The van der Waals surface area contributed by atoms with Crippen LogP contribution in [0.3, 0.4) is 0 Å². The van der Waals surface area contributed by atoms with Gasteiger partial charge in [0.25, 0.3) is 0 Å². The topological polar surface area (TPSA) is 79.2 Å². The lowest BCUT2D eigenvalue weighted by molar-refractivity contribution is -0.119. The zero-order valence-corrected chi connectivity index (χ0v) is 13.4. The summed E-state index contributed by atoms with van der Waals surface area (Å²) in [5, 5.41) is 6.89. The molecule has 2 aromatic rings. The summed E-state index contributed by atoms with van der Waals surface area (Å²) in [5.41, 5.74) is 0.590. The number of carbonyl (C=O) groups excluding carboxylic acids is 1. The average Bonchev–Trinajstić information content (AvgIpc) is 3.10. The van der Waals surface area contributed by atoms with E-state index >= 15 is 0 Å². The molecule has 1 atom stereocenters. The van der Waals surface area contributed by atoms with Crippen molar-refractivity contribution in [3.8, 4) is 0 Å². The molecule has 0 saturated carbocycles. The second-order valence-electron chi connectivity index (χ2n) is 5.71. The molecular formula is C15H21N7O. The summed E-state index contributed by atoms with van der Waals surface area (Å²) in [4.78, 5) is 25.3. The number of rotatable bonds is 4. The second-order valence-corrected chi connectivity index (χ2v) is 5.71. The van der Waals surface area contributed by atoms with Crippen molar-refractivity contribution in [2.75, 3.05) is 43.4 Å². The Labute approximate surface area is 135 Å². The summed E-state index contributed by atoms with van der Waals surface area (Å²) in [6.07, 6.45) is 6.71. The molecule has 0 bridgehead atoms. The molecule has 8 nitrogen and oxygen atoms in total. The number of anilines is 2. The van der Waals surface area contributed by atoms with Gasteiger partial charge in [-0.05, 0) is 20.0 Å². The summed E-state index contributed by atoms with van der Waals surface area (Å²) >= 11 is 0. The highest BCUT2D eigenvalue weighted by Crippen LogP contribution is 2.14. The SMILES string of the molecule is CC(C(=O)Nc1cnc(N2CCN(C)CC2)nc1)n1cccn1. The molecule has 1 saturated heterocycles. The van der Waals surface area contributed by atoms with Gasteiger partial charge in [0.1, 0.15) is 6.04 Å². The highest BCUT2D eigenvalue weighted by molar-refractivity contribution is 5.93. The van der Waals surface area contributed by atoms with Crippen LogP contribution in [0.5, 0.6) is 0 Å². The van der Waals surface area contributed by atoms with E-state index < -0.39 is 0 Å². The third kappa shape index (κ3) is 3.65. The van der Waals surface area contributed by atoms with Crippen molar-refractivity contribution < 1.29 is 4.79 Å². The lowest BCUT2D eigenvalue weighted by atomic mass is 10.3. The molecule has 0 aromatic carbocycles. The second kappa shape index (κ2) is 6.74. The zero-order chi connectivity index (χ0) is 16.2. The zero-order valence-electron chi connectivity index (χ0n) is 13.4. The molecule has 1 amide bonds. The predicted octanol–water partition coefficient (Wildman–Crippen LogP) is 0.625. The molecule has 3 heterocycles. The highest BCUT2D eigenvalue weighted by Gasteiger charge is 2.18. The number of likely N-dealkylation sites (N-methyl/N-ethyl adjacent to an activating group) is 1. The molecule has 0 aliphatic carbocycles. The molecule has 0 spiro atoms. The van der Waals surface area contributed by atoms with Gasteiger partial charge >= 0.3 is 0 Å². The molecule has 122 valence electrons. The third-order valence-electron chi connectivity index (χ3n) is 3.99. The predicted molar refractivity (Wildman–Crippen MR) is 87.3 cm³/mol. The standard InChI is InChI=1S/C15H21N7O/c1-12(22-5-3-4-18-22)14(23)19-13-10-16-15(17-11-13)21-8-6-20(2)7-9-21/h3-5,10-12H,6-9H2,1-2H3,(H,19,23). The van der Waals surface area contributed by atoms with E-state index in [9.17, 15) is 4.79 Å². The van der Waals surface area contributed by atoms with Crippen molar-refractivity contribution in [3.05, 3.63) is 30.9 Å². The number of hydrogen-bond donors (Lipinski definition) is 1. The molecule has 1 N–H and O–H groups in total. The van der Waals surface area contributed by atoms with Gasteiger partial charge in [-0.1, -0.05) is 0 Å². The van der Waals surface area contributed by atoms with Crippen molar-refractivity contribution >= 4 is 17.5 Å². The monoisotopic (exact) mass is 315 g/mol. The minimum absolute atomic E-state index is 0.148. The summed E-state index contributed by atoms with van der Waals surface area (Å²) < 4.78 is 1.61. The highest BCUT2D eigenvalue weighted by atomic mass is 16.2. The first kappa shape index (κ1) is 15.4. The molecule has 2 aromatic heterocycles. The molecular weight excluding hydrogens is 294 g/mol. The number of amides is 1. The van der Waals surface area contributed by atoms with Gasteiger partial charge < -0.3 is 15.1 Å². The van der Waals surface area contributed by atoms with E-state index in [1.54, 1.807) is 42.5 Å². The van der Waals surface area contributed by atoms with E-state index in [1.165, 1.54) is 0 Å². The normalized spacial score (nSPS) is 17.0. The third-order valence-corrected chi connectivity index (χ3v) is 3.99. The minimum atomic E-state index is -0.387. The molecule has 3 rings (SSSR count). The summed E-state index contributed by atoms with van der Waals surface area (Å²) in [5.74, 6) is 0.556. The quantitative estimate of drug-likeness (QED) is 0.891. The number of nitrogens with one attached hydrogen (secondary N) is 1. The van der Waals surface area contributed by atoms with Crippen LogP contribution in [0.1, 0.15) is 13.0 Å². The summed E-state index contributed by atoms with van der Waals surface area (Å²) in [7, 11) is 2.11. The van der Waals surface area contributed by atoms with Gasteiger partial charge in [-0.15, -0.1) is 0 Å². The van der Waals surface area contributed by atoms with Gasteiger partial charge in [0.05, 0.1) is 18.1 Å². The molecule has 1 fully saturated rings. The Hall–Kier alpha value is -2.48. The first-order valence-corrected chi connectivity index (χ1v) is 7.69. The van der Waals surface area contributed by atoms with Crippen LogP contribution < -0.4 is 10.2 Å². The van der Waals surface area contributed by atoms with Crippen molar-refractivity contribution in [1.82, 2.24) is 24.6 Å². The van der Waals surface area contributed by atoms with Gasteiger partial charge in [-0.3, -0.25) is 9.48 Å². The molecule has 1 aliphatic rings. The Kier molecular flexibility index (Phi) is 4.52. The Morgan fingerprint density at radius 2 is 1.91 bits per heavy atom. The summed E-state index contributed by atoms with van der Waals surface area (Å²) in [6, 6.07) is 1.40. The van der Waals surface area contributed by atoms with Crippen LogP contribution in [-0.4, -0.2) is 63.8 Å². The fraction of sp³-hybridized carbons (Fsp3) is 0.467. The molecule has 0 radical (unpaired) electrons. The van der Waals surface area contributed by atoms with Crippen LogP contribution in [0.4, 0.5) is 11.6 Å². The largest absolute Gasteiger partial charge is 0.338 e. The fourth-order valence-corrected chi connectivity index (χ4v) is 2.43. The molecule has 23 heavy (non-hydrogen) atoms. The maximum Gasteiger partial charge on any atom is 0.249 e. The van der Waals surface area contributed by atoms with Crippen LogP contribution >= 0.6 is 0 Å². The van der Waals surface area contributed by atoms with E-state index in [1.807, 2.05) is 0 Å². The maximum atomic E-state index is 12.2. The number of piperazine rings is 1. The Bertz CT molecular complexity index is 632. The molecule has 1 aliphatic heterocycles. The first-order valence-electron chi connectivity index (χ1n) is 7.69. The Morgan fingerprint density at radius 1 is 1.22 bits per heavy atom. The average molecular weight is 315 g/mol. The maximum absolute atomic E-state index is 12.2. The lowest BCUT2D eigenvalue weighted by Gasteiger charge is -2.32. The molecule has 8 heteroatoms. The van der Waals surface area contributed by atoms with E-state index in [2.05, 4.69) is 37.2 Å². The van der Waals surface area contributed by atoms with Crippen molar-refractivity contribution in [2.45, 2.75) is 13.0 Å². The van der Waals surface area contributed by atoms with E-state index in [0.29, 0.717) is 11.6 Å². The van der Waals surface area contributed by atoms with Crippen molar-refractivity contribution in [3.63, 3.8) is 0 Å². The molecule has 1 unspecified atom stereocenters. The van der Waals surface area contributed by atoms with Crippen molar-refractivity contribution in [1.29, 1.82) is 0 Å². The van der Waals surface area contributed by atoms with Gasteiger partial charge in [0.15, 0.2) is 0 Å². The van der Waals surface area contributed by atoms with E-state index in [4.69, 9.17) is 0 Å². The van der Waals surface area contributed by atoms with Crippen molar-refractivity contribution in [2.24, 2.45) is 0 Å². The van der Waals surface area contributed by atoms with Crippen LogP contribution in [0.15, 0.2) is 30.9 Å². The number of hydrogen-bond acceptors (Lipinski definition) is 6. The van der Waals surface area contributed by atoms with Gasteiger partial charge in [0, 0.05) is 38.6 Å². The van der Waals surface area contributed by atoms with E-state index in [-0.39, 0.29) is 11.9 Å². The van der Waals surface area contributed by atoms with Gasteiger partial charge in [-0.25, -0.2) is 9.97 Å². The number of carbonyl (C=O) groups is 1. The fourth-order valence-electron chi connectivity index (χ4n) is 2.43. The Morgan fingerprint density at radius 3 is 2.52 bits per heavy atom. The van der Waals surface area contributed by atoms with Crippen LogP contribution in [0, 0.1) is 0 Å². The number of nitrogens with zero attached hydrogens (tertiary/aromatic N) is 6.